The van der Waals surface area contributed by atoms with Gasteiger partial charge in [-0.3, -0.25) is 14.4 Å². The summed E-state index contributed by atoms with van der Waals surface area (Å²) in [4.78, 5) is 36.2. The van der Waals surface area contributed by atoms with E-state index >= 15 is 0 Å². The Bertz CT molecular complexity index is 802. The average molecular weight is 419 g/mol. The van der Waals surface area contributed by atoms with Gasteiger partial charge in [-0.2, -0.15) is 0 Å². The number of carboxylic acid groups (broad SMARTS) is 1. The van der Waals surface area contributed by atoms with E-state index in [0.29, 0.717) is 19.3 Å². The summed E-state index contributed by atoms with van der Waals surface area (Å²) in [5.74, 6) is -0.763. The highest BCUT2D eigenvalue weighted by atomic mass is 16.5. The lowest BCUT2D eigenvalue weighted by molar-refractivity contribution is -0.169. The lowest BCUT2D eigenvalue weighted by atomic mass is 9.44. The largest absolute Gasteiger partial charge is 0.481 e. The number of hydrogen-bond acceptors (Lipinski definition) is 5. The summed E-state index contributed by atoms with van der Waals surface area (Å²) in [6.07, 6.45) is 6.99. The van der Waals surface area contributed by atoms with Gasteiger partial charge in [-0.05, 0) is 79.6 Å². The third kappa shape index (κ3) is 2.97. The zero-order valence-electron chi connectivity index (χ0n) is 18.3. The van der Waals surface area contributed by atoms with Gasteiger partial charge < -0.3 is 14.9 Å². The Kier molecular flexibility index (Phi) is 5.16. The molecule has 3 saturated carbocycles. The van der Waals surface area contributed by atoms with Crippen molar-refractivity contribution in [2.45, 2.75) is 77.2 Å². The molecule has 6 nitrogen and oxygen atoms in total. The Morgan fingerprint density at radius 2 is 1.87 bits per heavy atom. The maximum atomic E-state index is 12.9. The highest BCUT2D eigenvalue weighted by Crippen LogP contribution is 2.69. The summed E-state index contributed by atoms with van der Waals surface area (Å²) in [5, 5.41) is 20.7. The molecule has 4 aliphatic carbocycles. The number of hydrogen-bond donors (Lipinski definition) is 2. The Morgan fingerprint density at radius 3 is 2.53 bits per heavy atom. The molecule has 4 rings (SSSR count). The maximum absolute atomic E-state index is 12.9. The predicted octanol–water partition coefficient (Wildman–Crippen LogP) is 3.51. The molecule has 0 aromatic heterocycles. The number of allylic oxidation sites excluding steroid dienone is 1. The van der Waals surface area contributed by atoms with Crippen molar-refractivity contribution in [1.82, 2.24) is 0 Å². The Morgan fingerprint density at radius 1 is 1.17 bits per heavy atom. The van der Waals surface area contributed by atoms with E-state index in [9.17, 15) is 24.6 Å². The van der Waals surface area contributed by atoms with Gasteiger partial charge in [0.25, 0.3) is 0 Å². The van der Waals surface area contributed by atoms with Crippen molar-refractivity contribution >= 4 is 17.7 Å². The minimum absolute atomic E-state index is 0.0416. The van der Waals surface area contributed by atoms with E-state index in [-0.39, 0.29) is 53.7 Å². The molecule has 0 saturated heterocycles. The topological polar surface area (TPSA) is 101 Å². The standard InChI is InChI=1S/C24H34O6/c1-22-8-4-15(25)12-14(22)13-16(21(28)30-3)20-17(22)5-9-23(2)18(20)6-10-24(23,29)11-7-19(26)27/h12,16-18,20,29H,4-11,13H2,1-3H3,(H,26,27)/t16-,17+,18+,20-,22+,23+,24-/m1/s1. The second-order valence-corrected chi connectivity index (χ2v) is 10.6. The highest BCUT2D eigenvalue weighted by molar-refractivity contribution is 5.92. The lowest BCUT2D eigenvalue weighted by Gasteiger charge is -2.60. The van der Waals surface area contributed by atoms with Crippen LogP contribution in [0.2, 0.25) is 0 Å². The van der Waals surface area contributed by atoms with Gasteiger partial charge in [0.15, 0.2) is 5.78 Å². The first-order valence-corrected chi connectivity index (χ1v) is 11.3. The van der Waals surface area contributed by atoms with Crippen molar-refractivity contribution in [2.75, 3.05) is 7.11 Å². The third-order valence-electron chi connectivity index (χ3n) is 9.59. The molecule has 0 spiro atoms. The molecule has 30 heavy (non-hydrogen) atoms. The summed E-state index contributed by atoms with van der Waals surface area (Å²) in [5.41, 5.74) is -0.413. The molecule has 6 heteroatoms. The molecule has 166 valence electrons. The molecule has 0 aliphatic heterocycles. The van der Waals surface area contributed by atoms with Crippen LogP contribution in [0.1, 0.15) is 71.6 Å². The minimum atomic E-state index is -1.01. The van der Waals surface area contributed by atoms with Gasteiger partial charge in [0.05, 0.1) is 18.6 Å². The Labute approximate surface area is 178 Å². The predicted molar refractivity (Wildman–Crippen MR) is 109 cm³/mol. The van der Waals surface area contributed by atoms with Crippen LogP contribution in [0, 0.1) is 34.5 Å². The summed E-state index contributed by atoms with van der Waals surface area (Å²) in [6.45, 7) is 4.36. The van der Waals surface area contributed by atoms with Gasteiger partial charge in [0, 0.05) is 12.8 Å². The van der Waals surface area contributed by atoms with E-state index in [1.165, 1.54) is 7.11 Å². The zero-order valence-corrected chi connectivity index (χ0v) is 18.3. The second-order valence-electron chi connectivity index (χ2n) is 10.6. The number of carboxylic acids is 1. The van der Waals surface area contributed by atoms with Crippen molar-refractivity contribution in [2.24, 2.45) is 34.5 Å². The van der Waals surface area contributed by atoms with Crippen LogP contribution in [-0.4, -0.2) is 40.6 Å². The Hall–Kier alpha value is -1.69. The Balaban J connectivity index is 1.73. The first-order chi connectivity index (χ1) is 14.1. The van der Waals surface area contributed by atoms with Crippen molar-refractivity contribution in [1.29, 1.82) is 0 Å². The van der Waals surface area contributed by atoms with E-state index in [2.05, 4.69) is 13.8 Å². The normalized spacial score (nSPS) is 45.1. The van der Waals surface area contributed by atoms with E-state index in [1.807, 2.05) is 0 Å². The molecule has 7 atom stereocenters. The van der Waals surface area contributed by atoms with Crippen LogP contribution in [-0.2, 0) is 19.1 Å². The quantitative estimate of drug-likeness (QED) is 0.678. The first kappa shape index (κ1) is 21.5. The molecule has 0 amide bonds. The van der Waals surface area contributed by atoms with Crippen molar-refractivity contribution in [3.8, 4) is 0 Å². The van der Waals surface area contributed by atoms with E-state index in [1.54, 1.807) is 6.08 Å². The monoisotopic (exact) mass is 418 g/mol. The minimum Gasteiger partial charge on any atom is -0.481 e. The summed E-state index contributed by atoms with van der Waals surface area (Å²) < 4.78 is 5.20. The fourth-order valence-electron chi connectivity index (χ4n) is 7.79. The number of carbonyl (C=O) groups is 3. The number of methoxy groups -OCH3 is 1. The number of aliphatic carboxylic acids is 1. The van der Waals surface area contributed by atoms with E-state index in [0.717, 1.165) is 31.3 Å². The third-order valence-corrected chi connectivity index (χ3v) is 9.59. The molecule has 0 bridgehead atoms. The molecule has 0 unspecified atom stereocenters. The average Bonchev–Trinajstić information content (AvgIpc) is 2.97. The van der Waals surface area contributed by atoms with Gasteiger partial charge in [0.2, 0.25) is 0 Å². The van der Waals surface area contributed by atoms with Crippen LogP contribution < -0.4 is 0 Å². The van der Waals surface area contributed by atoms with Crippen molar-refractivity contribution in [3.63, 3.8) is 0 Å². The van der Waals surface area contributed by atoms with Crippen LogP contribution in [0.4, 0.5) is 0 Å². The van der Waals surface area contributed by atoms with E-state index < -0.39 is 17.0 Å². The number of aliphatic hydroxyl groups is 1. The van der Waals surface area contributed by atoms with Crippen LogP contribution in [0.3, 0.4) is 0 Å². The molecule has 0 aromatic carbocycles. The maximum Gasteiger partial charge on any atom is 0.309 e. The summed E-state index contributed by atoms with van der Waals surface area (Å²) in [6, 6.07) is 0. The SMILES string of the molecule is COC(=O)[C@@H]1CC2=CC(=O)CC[C@]2(C)[C@H]2CC[C@@]3(C)[C@@H](CC[C@@]3(O)CCC(=O)O)[C@H]12. The molecule has 0 heterocycles. The number of rotatable bonds is 4. The number of ketones is 1. The number of fused-ring (bicyclic) bond motifs is 5. The van der Waals surface area contributed by atoms with Gasteiger partial charge in [-0.15, -0.1) is 0 Å². The van der Waals surface area contributed by atoms with Gasteiger partial charge in [-0.25, -0.2) is 0 Å². The number of esters is 1. The zero-order chi connectivity index (χ0) is 21.9. The summed E-state index contributed by atoms with van der Waals surface area (Å²) >= 11 is 0. The fraction of sp³-hybridized carbons (Fsp3) is 0.792. The van der Waals surface area contributed by atoms with Crippen molar-refractivity contribution < 1.29 is 29.3 Å². The molecular weight excluding hydrogens is 384 g/mol. The molecule has 0 radical (unpaired) electrons. The van der Waals surface area contributed by atoms with Crippen LogP contribution >= 0.6 is 0 Å². The van der Waals surface area contributed by atoms with Crippen LogP contribution in [0.5, 0.6) is 0 Å². The smallest absolute Gasteiger partial charge is 0.309 e. The molecule has 0 aromatic rings. The number of ether oxygens (including phenoxy) is 1. The fourth-order valence-corrected chi connectivity index (χ4v) is 7.79. The molecule has 2 N–H and O–H groups in total. The van der Waals surface area contributed by atoms with Gasteiger partial charge >= 0.3 is 11.9 Å². The number of carbonyl (C=O) groups excluding carboxylic acids is 2. The van der Waals surface area contributed by atoms with Crippen molar-refractivity contribution in [3.05, 3.63) is 11.6 Å². The highest BCUT2D eigenvalue weighted by Gasteiger charge is 2.66. The summed E-state index contributed by atoms with van der Waals surface area (Å²) in [7, 11) is 1.42. The first-order valence-electron chi connectivity index (χ1n) is 11.3. The van der Waals surface area contributed by atoms with Crippen LogP contribution in [0.15, 0.2) is 11.6 Å². The van der Waals surface area contributed by atoms with Crippen LogP contribution in [0.25, 0.3) is 0 Å². The molecule has 3 fully saturated rings. The lowest BCUT2D eigenvalue weighted by Crippen LogP contribution is -2.58. The van der Waals surface area contributed by atoms with Gasteiger partial charge in [0.1, 0.15) is 0 Å². The van der Waals surface area contributed by atoms with Gasteiger partial charge in [-0.1, -0.05) is 19.4 Å². The molecular formula is C24H34O6. The van der Waals surface area contributed by atoms with E-state index in [4.69, 9.17) is 4.74 Å². The molecule has 4 aliphatic rings. The second kappa shape index (κ2) is 7.18.